The molecule has 0 saturated carbocycles. The molecule has 116 valence electrons. The molecular formula is C12H22N2O5S. The number of rotatable bonds is 5. The predicted octanol–water partition coefficient (Wildman–Crippen LogP) is -0.555. The average molecular weight is 306 g/mol. The fourth-order valence-corrected chi connectivity index (χ4v) is 4.03. The van der Waals surface area contributed by atoms with E-state index < -0.39 is 21.7 Å². The van der Waals surface area contributed by atoms with Gasteiger partial charge in [0.15, 0.2) is 5.75 Å². The van der Waals surface area contributed by atoms with Crippen molar-refractivity contribution < 1.29 is 23.1 Å². The number of aliphatic carboxylic acids is 1. The standard InChI is InChI=1S/C12H22N2O5S/c15-12(16)10-20(17,18)14-3-1-11(2-4-14)9-13-5-7-19-8-6-13/h11H,1-10H2,(H,15,16). The summed E-state index contributed by atoms with van der Waals surface area (Å²) in [6.07, 6.45) is 1.60. The zero-order chi connectivity index (χ0) is 14.6. The second kappa shape index (κ2) is 6.84. The molecule has 2 aliphatic heterocycles. The Kier molecular flexibility index (Phi) is 5.36. The molecule has 0 bridgehead atoms. The van der Waals surface area contributed by atoms with Crippen molar-refractivity contribution in [1.82, 2.24) is 9.21 Å². The summed E-state index contributed by atoms with van der Waals surface area (Å²) >= 11 is 0. The van der Waals surface area contributed by atoms with E-state index >= 15 is 0 Å². The maximum Gasteiger partial charge on any atom is 0.320 e. The van der Waals surface area contributed by atoms with E-state index in [-0.39, 0.29) is 0 Å². The quantitative estimate of drug-likeness (QED) is 0.733. The van der Waals surface area contributed by atoms with Crippen molar-refractivity contribution in [3.8, 4) is 0 Å². The highest BCUT2D eigenvalue weighted by Crippen LogP contribution is 2.21. The van der Waals surface area contributed by atoms with Crippen LogP contribution in [0.25, 0.3) is 0 Å². The molecule has 0 radical (unpaired) electrons. The van der Waals surface area contributed by atoms with Gasteiger partial charge in [-0.05, 0) is 18.8 Å². The van der Waals surface area contributed by atoms with Crippen LogP contribution in [0.2, 0.25) is 0 Å². The van der Waals surface area contributed by atoms with E-state index in [0.717, 1.165) is 45.7 Å². The van der Waals surface area contributed by atoms with E-state index in [9.17, 15) is 13.2 Å². The number of carbonyl (C=O) groups is 1. The van der Waals surface area contributed by atoms with Gasteiger partial charge in [0.1, 0.15) is 0 Å². The summed E-state index contributed by atoms with van der Waals surface area (Å²) in [4.78, 5) is 12.9. The number of carboxylic acid groups (broad SMARTS) is 1. The van der Waals surface area contributed by atoms with Gasteiger partial charge in [0.05, 0.1) is 13.2 Å². The van der Waals surface area contributed by atoms with E-state index in [2.05, 4.69) is 4.90 Å². The maximum absolute atomic E-state index is 11.8. The molecule has 2 heterocycles. The lowest BCUT2D eigenvalue weighted by Crippen LogP contribution is -2.45. The molecule has 8 heteroatoms. The molecule has 20 heavy (non-hydrogen) atoms. The van der Waals surface area contributed by atoms with Gasteiger partial charge in [-0.3, -0.25) is 9.69 Å². The fraction of sp³-hybridized carbons (Fsp3) is 0.917. The van der Waals surface area contributed by atoms with Crippen LogP contribution in [0.1, 0.15) is 12.8 Å². The first-order valence-corrected chi connectivity index (χ1v) is 8.58. The zero-order valence-electron chi connectivity index (χ0n) is 11.5. The van der Waals surface area contributed by atoms with Gasteiger partial charge in [0, 0.05) is 32.7 Å². The van der Waals surface area contributed by atoms with Crippen LogP contribution in [0, 0.1) is 5.92 Å². The van der Waals surface area contributed by atoms with Crippen molar-refractivity contribution in [3.63, 3.8) is 0 Å². The molecule has 0 aromatic heterocycles. The van der Waals surface area contributed by atoms with Crippen molar-refractivity contribution in [2.75, 3.05) is 51.7 Å². The summed E-state index contributed by atoms with van der Waals surface area (Å²) in [5.74, 6) is -1.61. The first-order chi connectivity index (χ1) is 9.47. The third-order valence-corrected chi connectivity index (χ3v) is 5.66. The Morgan fingerprint density at radius 3 is 2.30 bits per heavy atom. The van der Waals surface area contributed by atoms with E-state index in [1.165, 1.54) is 4.31 Å². The highest BCUT2D eigenvalue weighted by Gasteiger charge is 2.30. The van der Waals surface area contributed by atoms with Gasteiger partial charge in [-0.15, -0.1) is 0 Å². The third-order valence-electron chi connectivity index (χ3n) is 3.89. The molecule has 2 rings (SSSR count). The van der Waals surface area contributed by atoms with Crippen LogP contribution in [-0.2, 0) is 19.6 Å². The van der Waals surface area contributed by atoms with E-state index in [1.807, 2.05) is 0 Å². The molecule has 2 saturated heterocycles. The predicted molar refractivity (Wildman–Crippen MR) is 73.0 cm³/mol. The van der Waals surface area contributed by atoms with Gasteiger partial charge in [0.2, 0.25) is 10.0 Å². The minimum atomic E-state index is -3.64. The minimum absolute atomic E-state index is 0.435. The summed E-state index contributed by atoms with van der Waals surface area (Å²) in [7, 11) is -3.64. The summed E-state index contributed by atoms with van der Waals surface area (Å²) in [6.45, 7) is 5.28. The Morgan fingerprint density at radius 2 is 1.75 bits per heavy atom. The third kappa shape index (κ3) is 4.41. The Hall–Kier alpha value is -0.700. The summed E-state index contributed by atoms with van der Waals surface area (Å²) < 4.78 is 30.2. The lowest BCUT2D eigenvalue weighted by atomic mass is 9.97. The topological polar surface area (TPSA) is 87.1 Å². The number of morpholine rings is 1. The first kappa shape index (κ1) is 15.7. The van der Waals surface area contributed by atoms with Crippen molar-refractivity contribution in [3.05, 3.63) is 0 Å². The van der Waals surface area contributed by atoms with Crippen molar-refractivity contribution in [2.24, 2.45) is 5.92 Å². The molecule has 2 fully saturated rings. The van der Waals surface area contributed by atoms with Gasteiger partial charge in [0.25, 0.3) is 0 Å². The van der Waals surface area contributed by atoms with Crippen molar-refractivity contribution in [1.29, 1.82) is 0 Å². The number of ether oxygens (including phenoxy) is 1. The Balaban J connectivity index is 1.78. The second-order valence-corrected chi connectivity index (χ2v) is 7.37. The minimum Gasteiger partial charge on any atom is -0.480 e. The molecule has 1 N–H and O–H groups in total. The molecule has 0 aliphatic carbocycles. The van der Waals surface area contributed by atoms with Crippen LogP contribution in [0.15, 0.2) is 0 Å². The van der Waals surface area contributed by atoms with Crippen LogP contribution in [0.4, 0.5) is 0 Å². The van der Waals surface area contributed by atoms with Crippen molar-refractivity contribution in [2.45, 2.75) is 12.8 Å². The zero-order valence-corrected chi connectivity index (χ0v) is 12.3. The number of hydrogen-bond donors (Lipinski definition) is 1. The van der Waals surface area contributed by atoms with Crippen molar-refractivity contribution >= 4 is 16.0 Å². The number of piperidine rings is 1. The lowest BCUT2D eigenvalue weighted by molar-refractivity contribution is -0.134. The number of carboxylic acids is 1. The summed E-state index contributed by atoms with van der Waals surface area (Å²) in [5, 5.41) is 8.62. The second-order valence-electron chi connectivity index (χ2n) is 5.41. The van der Waals surface area contributed by atoms with Crippen LogP contribution in [0.5, 0.6) is 0 Å². The van der Waals surface area contributed by atoms with Gasteiger partial charge >= 0.3 is 5.97 Å². The highest BCUT2D eigenvalue weighted by molar-refractivity contribution is 7.89. The highest BCUT2D eigenvalue weighted by atomic mass is 32.2. The lowest BCUT2D eigenvalue weighted by Gasteiger charge is -2.35. The van der Waals surface area contributed by atoms with E-state index in [4.69, 9.17) is 9.84 Å². The van der Waals surface area contributed by atoms with Gasteiger partial charge < -0.3 is 9.84 Å². The number of hydrogen-bond acceptors (Lipinski definition) is 5. The van der Waals surface area contributed by atoms with E-state index in [1.54, 1.807) is 0 Å². The van der Waals surface area contributed by atoms with Gasteiger partial charge in [-0.2, -0.15) is 0 Å². The Labute approximate surface area is 119 Å². The Bertz CT molecular complexity index is 425. The van der Waals surface area contributed by atoms with Crippen LogP contribution in [-0.4, -0.2) is 80.4 Å². The molecule has 0 aromatic rings. The molecule has 0 spiro atoms. The number of sulfonamides is 1. The fourth-order valence-electron chi connectivity index (χ4n) is 2.77. The molecule has 0 atom stereocenters. The molecular weight excluding hydrogens is 284 g/mol. The smallest absolute Gasteiger partial charge is 0.320 e. The SMILES string of the molecule is O=C(O)CS(=O)(=O)N1CCC(CN2CCOCC2)CC1. The molecule has 2 aliphatic rings. The van der Waals surface area contributed by atoms with E-state index in [0.29, 0.717) is 19.0 Å². The largest absolute Gasteiger partial charge is 0.480 e. The Morgan fingerprint density at radius 1 is 1.15 bits per heavy atom. The molecule has 0 amide bonds. The normalized spacial score (nSPS) is 23.8. The van der Waals surface area contributed by atoms with Crippen LogP contribution >= 0.6 is 0 Å². The maximum atomic E-state index is 11.8. The van der Waals surface area contributed by atoms with Gasteiger partial charge in [-0.25, -0.2) is 12.7 Å². The summed E-state index contributed by atoms with van der Waals surface area (Å²) in [5.41, 5.74) is 0. The first-order valence-electron chi connectivity index (χ1n) is 6.97. The molecule has 0 aromatic carbocycles. The number of nitrogens with zero attached hydrogens (tertiary/aromatic N) is 2. The summed E-state index contributed by atoms with van der Waals surface area (Å²) in [6, 6.07) is 0. The van der Waals surface area contributed by atoms with Crippen LogP contribution in [0.3, 0.4) is 0 Å². The molecule has 7 nitrogen and oxygen atoms in total. The average Bonchev–Trinajstić information content (AvgIpc) is 2.39. The molecule has 0 unspecified atom stereocenters. The van der Waals surface area contributed by atoms with Crippen LogP contribution < -0.4 is 0 Å². The monoisotopic (exact) mass is 306 g/mol. The van der Waals surface area contributed by atoms with Gasteiger partial charge in [-0.1, -0.05) is 0 Å².